The second-order valence-electron chi connectivity index (χ2n) is 9.98. The topological polar surface area (TPSA) is 153 Å². The van der Waals surface area contributed by atoms with Crippen molar-refractivity contribution >= 4 is 30.0 Å². The summed E-state index contributed by atoms with van der Waals surface area (Å²) in [4.78, 5) is 62.3. The maximum Gasteiger partial charge on any atom is 0.412 e. The molecular formula is C23H35NO12. The standard InChI is InChI=1S/C23H35NO12/c1-11(25)31-17-16(15-10-30-23(8,9)24(15)21(29)36-22(5,6)7)35-20(34-14(4)28)19(33-13(3)27)18(17)32-12(2)26/h15-20H,10H2,1-9H3/t15?,16-,17-,18-,19-,20-/m0/s1. The van der Waals surface area contributed by atoms with Crippen molar-refractivity contribution in [1.29, 1.82) is 0 Å². The van der Waals surface area contributed by atoms with Gasteiger partial charge in [-0.15, -0.1) is 0 Å². The van der Waals surface area contributed by atoms with E-state index in [1.165, 1.54) is 4.90 Å². The zero-order valence-corrected chi connectivity index (χ0v) is 22.0. The van der Waals surface area contributed by atoms with Crippen LogP contribution in [0.2, 0.25) is 0 Å². The van der Waals surface area contributed by atoms with Gasteiger partial charge in [-0.25, -0.2) is 4.79 Å². The van der Waals surface area contributed by atoms with Gasteiger partial charge >= 0.3 is 30.0 Å². The van der Waals surface area contributed by atoms with Gasteiger partial charge in [0.25, 0.3) is 0 Å². The molecule has 2 aliphatic heterocycles. The Balaban J connectivity index is 2.61. The first-order valence-corrected chi connectivity index (χ1v) is 11.4. The number of nitrogens with zero attached hydrogens (tertiary/aromatic N) is 1. The van der Waals surface area contributed by atoms with Gasteiger partial charge in [-0.3, -0.25) is 24.1 Å². The highest BCUT2D eigenvalue weighted by molar-refractivity contribution is 5.71. The summed E-state index contributed by atoms with van der Waals surface area (Å²) in [5.74, 6) is -3.13. The van der Waals surface area contributed by atoms with E-state index in [4.69, 9.17) is 33.2 Å². The van der Waals surface area contributed by atoms with Crippen LogP contribution in [0.15, 0.2) is 0 Å². The fourth-order valence-electron chi connectivity index (χ4n) is 4.11. The van der Waals surface area contributed by atoms with Crippen LogP contribution in [0, 0.1) is 0 Å². The van der Waals surface area contributed by atoms with E-state index < -0.39 is 78.0 Å². The lowest BCUT2D eigenvalue weighted by molar-refractivity contribution is -0.302. The van der Waals surface area contributed by atoms with Gasteiger partial charge in [-0.1, -0.05) is 0 Å². The Labute approximate surface area is 209 Å². The molecule has 13 nitrogen and oxygen atoms in total. The second-order valence-corrected chi connectivity index (χ2v) is 9.98. The highest BCUT2D eigenvalue weighted by Crippen LogP contribution is 2.38. The lowest BCUT2D eigenvalue weighted by atomic mass is 9.92. The molecule has 2 aliphatic rings. The molecular weight excluding hydrogens is 482 g/mol. The molecule has 0 aromatic heterocycles. The lowest BCUT2D eigenvalue weighted by Crippen LogP contribution is -2.67. The molecule has 2 saturated heterocycles. The third-order valence-corrected chi connectivity index (χ3v) is 5.21. The number of hydrogen-bond acceptors (Lipinski definition) is 12. The van der Waals surface area contributed by atoms with Gasteiger partial charge in [0.15, 0.2) is 12.2 Å². The number of rotatable bonds is 5. The number of carbonyl (C=O) groups excluding carboxylic acids is 5. The van der Waals surface area contributed by atoms with E-state index >= 15 is 0 Å². The third-order valence-electron chi connectivity index (χ3n) is 5.21. The SMILES string of the molecule is CC(=O)O[C@H]1O[C@@H](C2COC(C)(C)N2C(=O)OC(C)(C)C)[C@H](OC(C)=O)[C@H](OC(C)=O)[C@@H]1OC(C)=O. The molecule has 204 valence electrons. The maximum absolute atomic E-state index is 13.2. The number of amides is 1. The summed E-state index contributed by atoms with van der Waals surface area (Å²) in [5.41, 5.74) is -2.01. The Morgan fingerprint density at radius 1 is 0.778 bits per heavy atom. The Hall–Kier alpha value is -2.93. The zero-order valence-electron chi connectivity index (χ0n) is 22.0. The minimum atomic E-state index is -1.56. The van der Waals surface area contributed by atoms with Crippen LogP contribution in [-0.2, 0) is 52.3 Å². The summed E-state index contributed by atoms with van der Waals surface area (Å²) >= 11 is 0. The Morgan fingerprint density at radius 2 is 1.25 bits per heavy atom. The minimum absolute atomic E-state index is 0.0908. The number of carbonyl (C=O) groups is 5. The number of esters is 4. The first-order valence-electron chi connectivity index (χ1n) is 11.4. The molecule has 0 spiro atoms. The van der Waals surface area contributed by atoms with Crippen LogP contribution in [0.5, 0.6) is 0 Å². The van der Waals surface area contributed by atoms with Gasteiger partial charge in [-0.05, 0) is 34.6 Å². The van der Waals surface area contributed by atoms with Crippen molar-refractivity contribution in [3.63, 3.8) is 0 Å². The van der Waals surface area contributed by atoms with E-state index in [0.29, 0.717) is 0 Å². The maximum atomic E-state index is 13.2. The van der Waals surface area contributed by atoms with E-state index in [-0.39, 0.29) is 6.61 Å². The fourth-order valence-corrected chi connectivity index (χ4v) is 4.11. The van der Waals surface area contributed by atoms with Crippen LogP contribution < -0.4 is 0 Å². The monoisotopic (exact) mass is 517 g/mol. The molecule has 0 bridgehead atoms. The molecule has 2 rings (SSSR count). The first-order chi connectivity index (χ1) is 16.4. The number of hydrogen-bond donors (Lipinski definition) is 0. The van der Waals surface area contributed by atoms with Crippen molar-refractivity contribution in [3.8, 4) is 0 Å². The third kappa shape index (κ3) is 7.29. The molecule has 0 aromatic carbocycles. The van der Waals surface area contributed by atoms with Crippen molar-refractivity contribution in [1.82, 2.24) is 4.90 Å². The van der Waals surface area contributed by atoms with Crippen LogP contribution in [0.25, 0.3) is 0 Å². The van der Waals surface area contributed by atoms with Crippen molar-refractivity contribution in [3.05, 3.63) is 0 Å². The average Bonchev–Trinajstić information content (AvgIpc) is 2.98. The van der Waals surface area contributed by atoms with Crippen molar-refractivity contribution < 1.29 is 57.1 Å². The van der Waals surface area contributed by atoms with Crippen LogP contribution in [0.1, 0.15) is 62.3 Å². The first kappa shape index (κ1) is 29.3. The fraction of sp³-hybridized carbons (Fsp3) is 0.783. The highest BCUT2D eigenvalue weighted by atomic mass is 16.7. The van der Waals surface area contributed by atoms with E-state index in [1.807, 2.05) is 0 Å². The largest absolute Gasteiger partial charge is 0.456 e. The minimum Gasteiger partial charge on any atom is -0.456 e. The van der Waals surface area contributed by atoms with Gasteiger partial charge in [0.2, 0.25) is 12.4 Å². The Kier molecular flexibility index (Phi) is 8.95. The van der Waals surface area contributed by atoms with E-state index in [2.05, 4.69) is 0 Å². The molecule has 0 aliphatic carbocycles. The molecule has 1 unspecified atom stereocenters. The summed E-state index contributed by atoms with van der Waals surface area (Å²) in [5, 5.41) is 0. The summed E-state index contributed by atoms with van der Waals surface area (Å²) in [6.45, 7) is 12.7. The van der Waals surface area contributed by atoms with E-state index in [9.17, 15) is 24.0 Å². The predicted molar refractivity (Wildman–Crippen MR) is 119 cm³/mol. The zero-order chi connectivity index (χ0) is 27.6. The summed E-state index contributed by atoms with van der Waals surface area (Å²) in [7, 11) is 0. The van der Waals surface area contributed by atoms with Gasteiger partial charge in [0.05, 0.1) is 12.6 Å². The number of ether oxygens (including phenoxy) is 7. The summed E-state index contributed by atoms with van der Waals surface area (Å²) in [6, 6.07) is -0.950. The van der Waals surface area contributed by atoms with E-state index in [0.717, 1.165) is 27.7 Å². The molecule has 6 atom stereocenters. The molecule has 2 heterocycles. The van der Waals surface area contributed by atoms with Gasteiger partial charge < -0.3 is 33.2 Å². The molecule has 1 amide bonds. The van der Waals surface area contributed by atoms with Gasteiger partial charge in [0.1, 0.15) is 17.4 Å². The molecule has 2 fully saturated rings. The summed E-state index contributed by atoms with van der Waals surface area (Å²) < 4.78 is 38.8. The quantitative estimate of drug-likeness (QED) is 0.383. The van der Waals surface area contributed by atoms with Gasteiger partial charge in [-0.2, -0.15) is 0 Å². The van der Waals surface area contributed by atoms with Crippen molar-refractivity contribution in [2.45, 2.75) is 110 Å². The van der Waals surface area contributed by atoms with E-state index in [1.54, 1.807) is 34.6 Å². The normalized spacial score (nSPS) is 29.6. The van der Waals surface area contributed by atoms with Crippen LogP contribution in [0.3, 0.4) is 0 Å². The molecule has 0 N–H and O–H groups in total. The molecule has 0 saturated carbocycles. The summed E-state index contributed by atoms with van der Waals surface area (Å²) in [6.07, 6.45) is -7.84. The highest BCUT2D eigenvalue weighted by Gasteiger charge is 2.60. The Morgan fingerprint density at radius 3 is 1.72 bits per heavy atom. The Bertz CT molecular complexity index is 879. The molecule has 0 aromatic rings. The molecule has 0 radical (unpaired) electrons. The molecule has 36 heavy (non-hydrogen) atoms. The molecule has 13 heteroatoms. The van der Waals surface area contributed by atoms with Crippen LogP contribution >= 0.6 is 0 Å². The van der Waals surface area contributed by atoms with Gasteiger partial charge in [0, 0.05) is 27.7 Å². The smallest absolute Gasteiger partial charge is 0.412 e. The average molecular weight is 518 g/mol. The van der Waals surface area contributed by atoms with Crippen LogP contribution in [0.4, 0.5) is 4.79 Å². The lowest BCUT2D eigenvalue weighted by Gasteiger charge is -2.47. The van der Waals surface area contributed by atoms with Crippen molar-refractivity contribution in [2.75, 3.05) is 6.61 Å². The van der Waals surface area contributed by atoms with Crippen molar-refractivity contribution in [2.24, 2.45) is 0 Å². The predicted octanol–water partition coefficient (Wildman–Crippen LogP) is 1.44. The second kappa shape index (κ2) is 11.0. The van der Waals surface area contributed by atoms with Crippen LogP contribution in [-0.4, -0.2) is 89.6 Å².